The Morgan fingerprint density at radius 2 is 1.77 bits per heavy atom. The van der Waals surface area contributed by atoms with Gasteiger partial charge in [0.15, 0.2) is 0 Å². The number of ether oxygens (including phenoxy) is 1. The number of hydrogen-bond acceptors (Lipinski definition) is 4. The second kappa shape index (κ2) is 11.3. The first-order chi connectivity index (χ1) is 12.7. The molecule has 0 fully saturated rings. The summed E-state index contributed by atoms with van der Waals surface area (Å²) in [5.41, 5.74) is 1.37. The van der Waals surface area contributed by atoms with Gasteiger partial charge < -0.3 is 15.0 Å². The van der Waals surface area contributed by atoms with Crippen LogP contribution in [0.3, 0.4) is 0 Å². The minimum atomic E-state index is -0.0824. The molecular formula is C21H29N3O2. The number of aromatic nitrogens is 1. The zero-order valence-electron chi connectivity index (χ0n) is 15.8. The van der Waals surface area contributed by atoms with Crippen LogP contribution in [-0.2, 0) is 6.61 Å². The number of rotatable bonds is 11. The van der Waals surface area contributed by atoms with Gasteiger partial charge in [-0.25, -0.2) is 0 Å². The molecule has 2 aromatic rings. The largest absolute Gasteiger partial charge is 0.487 e. The van der Waals surface area contributed by atoms with Crippen LogP contribution < -0.4 is 10.1 Å². The number of benzene rings is 1. The van der Waals surface area contributed by atoms with E-state index in [1.165, 1.54) is 0 Å². The molecule has 1 amide bonds. The lowest BCUT2D eigenvalue weighted by molar-refractivity contribution is 0.0948. The third kappa shape index (κ3) is 6.84. The van der Waals surface area contributed by atoms with Crippen molar-refractivity contribution in [1.82, 2.24) is 15.2 Å². The van der Waals surface area contributed by atoms with Gasteiger partial charge in [-0.2, -0.15) is 0 Å². The summed E-state index contributed by atoms with van der Waals surface area (Å²) in [5.74, 6) is 0.723. The van der Waals surface area contributed by atoms with Crippen molar-refractivity contribution >= 4 is 5.91 Å². The normalized spacial score (nSPS) is 10.7. The second-order valence-corrected chi connectivity index (χ2v) is 6.24. The molecule has 0 unspecified atom stereocenters. The van der Waals surface area contributed by atoms with Crippen molar-refractivity contribution in [1.29, 1.82) is 0 Å². The number of hydrogen-bond donors (Lipinski definition) is 1. The van der Waals surface area contributed by atoms with Gasteiger partial charge in [-0.3, -0.25) is 9.78 Å². The van der Waals surface area contributed by atoms with Gasteiger partial charge in [0.25, 0.3) is 5.91 Å². The molecule has 5 heteroatoms. The molecule has 0 aliphatic rings. The predicted octanol–water partition coefficient (Wildman–Crippen LogP) is 3.51. The molecule has 0 aliphatic heterocycles. The number of nitrogens with one attached hydrogen (secondary N) is 1. The molecule has 0 saturated heterocycles. The van der Waals surface area contributed by atoms with E-state index < -0.39 is 0 Å². The molecule has 0 atom stereocenters. The summed E-state index contributed by atoms with van der Waals surface area (Å²) < 4.78 is 5.66. The van der Waals surface area contributed by atoms with Crippen LogP contribution in [0.25, 0.3) is 0 Å². The fourth-order valence-corrected chi connectivity index (χ4v) is 2.72. The average Bonchev–Trinajstić information content (AvgIpc) is 2.68. The van der Waals surface area contributed by atoms with Crippen molar-refractivity contribution in [3.8, 4) is 5.75 Å². The highest BCUT2D eigenvalue weighted by atomic mass is 16.5. The Bertz CT molecular complexity index is 638. The highest BCUT2D eigenvalue weighted by Crippen LogP contribution is 2.11. The van der Waals surface area contributed by atoms with Crippen LogP contribution >= 0.6 is 0 Å². The summed E-state index contributed by atoms with van der Waals surface area (Å²) in [7, 11) is 0. The maximum Gasteiger partial charge on any atom is 0.252 e. The molecule has 1 N–H and O–H groups in total. The Morgan fingerprint density at radius 3 is 2.38 bits per heavy atom. The monoisotopic (exact) mass is 355 g/mol. The van der Waals surface area contributed by atoms with Gasteiger partial charge in [-0.15, -0.1) is 0 Å². The van der Waals surface area contributed by atoms with Crippen molar-refractivity contribution in [2.24, 2.45) is 0 Å². The van der Waals surface area contributed by atoms with E-state index in [0.717, 1.165) is 43.9 Å². The fraction of sp³-hybridized carbons (Fsp3) is 0.429. The Labute approximate surface area is 156 Å². The van der Waals surface area contributed by atoms with E-state index in [1.54, 1.807) is 12.3 Å². The van der Waals surface area contributed by atoms with E-state index in [2.05, 4.69) is 29.0 Å². The molecule has 0 radical (unpaired) electrons. The first-order valence-electron chi connectivity index (χ1n) is 9.36. The first-order valence-corrected chi connectivity index (χ1v) is 9.36. The Morgan fingerprint density at radius 1 is 1.04 bits per heavy atom. The minimum Gasteiger partial charge on any atom is -0.487 e. The highest BCUT2D eigenvalue weighted by molar-refractivity contribution is 5.93. The zero-order valence-corrected chi connectivity index (χ0v) is 15.8. The Kier molecular flexibility index (Phi) is 8.63. The van der Waals surface area contributed by atoms with Crippen molar-refractivity contribution in [3.05, 3.63) is 59.9 Å². The lowest BCUT2D eigenvalue weighted by atomic mass is 10.2. The lowest BCUT2D eigenvalue weighted by Crippen LogP contribution is -2.35. The highest BCUT2D eigenvalue weighted by Gasteiger charge is 2.08. The third-order valence-corrected chi connectivity index (χ3v) is 4.01. The first kappa shape index (κ1) is 19.9. The van der Waals surface area contributed by atoms with Crippen molar-refractivity contribution < 1.29 is 9.53 Å². The molecule has 0 aliphatic carbocycles. The molecule has 1 heterocycles. The molecule has 5 nitrogen and oxygen atoms in total. The van der Waals surface area contributed by atoms with Crippen LogP contribution in [0.5, 0.6) is 5.75 Å². The van der Waals surface area contributed by atoms with Gasteiger partial charge in [0.1, 0.15) is 12.4 Å². The van der Waals surface area contributed by atoms with Crippen molar-refractivity contribution in [3.63, 3.8) is 0 Å². The second-order valence-electron chi connectivity index (χ2n) is 6.24. The molecule has 0 bridgehead atoms. The van der Waals surface area contributed by atoms with E-state index in [1.807, 2.05) is 36.4 Å². The number of carbonyl (C=O) groups is 1. The maximum absolute atomic E-state index is 12.2. The molecule has 1 aromatic heterocycles. The van der Waals surface area contributed by atoms with Gasteiger partial charge in [-0.1, -0.05) is 32.0 Å². The van der Waals surface area contributed by atoms with E-state index in [9.17, 15) is 4.79 Å². The molecule has 1 aromatic carbocycles. The lowest BCUT2D eigenvalue weighted by Gasteiger charge is -2.20. The number of pyridine rings is 1. The summed E-state index contributed by atoms with van der Waals surface area (Å²) in [4.78, 5) is 18.9. The van der Waals surface area contributed by atoms with Gasteiger partial charge in [0, 0.05) is 19.3 Å². The van der Waals surface area contributed by atoms with Crippen LogP contribution in [0, 0.1) is 0 Å². The third-order valence-electron chi connectivity index (χ3n) is 4.01. The zero-order chi connectivity index (χ0) is 18.6. The van der Waals surface area contributed by atoms with Crippen LogP contribution in [0.15, 0.2) is 48.7 Å². The van der Waals surface area contributed by atoms with E-state index in [4.69, 9.17) is 4.74 Å². The standard InChI is InChI=1S/C21H29N3O2/c1-3-13-24(14-4-2)15-12-22-21(25)18-10-11-19(23-16-18)17-26-20-8-6-5-7-9-20/h5-11,16H,3-4,12-15,17H2,1-2H3,(H,22,25). The summed E-state index contributed by atoms with van der Waals surface area (Å²) in [6.45, 7) is 8.41. The van der Waals surface area contributed by atoms with Crippen LogP contribution in [-0.4, -0.2) is 42.0 Å². The van der Waals surface area contributed by atoms with Crippen LogP contribution in [0.2, 0.25) is 0 Å². The van der Waals surface area contributed by atoms with Gasteiger partial charge >= 0.3 is 0 Å². The minimum absolute atomic E-state index is 0.0824. The molecular weight excluding hydrogens is 326 g/mol. The molecule has 140 valence electrons. The van der Waals surface area contributed by atoms with E-state index in [0.29, 0.717) is 18.7 Å². The summed E-state index contributed by atoms with van der Waals surface area (Å²) >= 11 is 0. The maximum atomic E-state index is 12.2. The fourth-order valence-electron chi connectivity index (χ4n) is 2.72. The van der Waals surface area contributed by atoms with Crippen LogP contribution in [0.4, 0.5) is 0 Å². The van der Waals surface area contributed by atoms with E-state index >= 15 is 0 Å². The predicted molar refractivity (Wildman–Crippen MR) is 104 cm³/mol. The van der Waals surface area contributed by atoms with Gasteiger partial charge in [0.05, 0.1) is 11.3 Å². The quantitative estimate of drug-likeness (QED) is 0.670. The number of amides is 1. The summed E-state index contributed by atoms with van der Waals surface area (Å²) in [6.07, 6.45) is 3.86. The SMILES string of the molecule is CCCN(CCC)CCNC(=O)c1ccc(COc2ccccc2)nc1. The topological polar surface area (TPSA) is 54.5 Å². The Hall–Kier alpha value is -2.40. The molecule has 2 rings (SSSR count). The van der Waals surface area contributed by atoms with Gasteiger partial charge in [-0.05, 0) is 50.2 Å². The molecule has 26 heavy (non-hydrogen) atoms. The number of nitrogens with zero attached hydrogens (tertiary/aromatic N) is 2. The Balaban J connectivity index is 1.77. The smallest absolute Gasteiger partial charge is 0.252 e. The van der Waals surface area contributed by atoms with E-state index in [-0.39, 0.29) is 5.91 Å². The number of para-hydroxylation sites is 1. The molecule has 0 saturated carbocycles. The van der Waals surface area contributed by atoms with Crippen molar-refractivity contribution in [2.75, 3.05) is 26.2 Å². The summed E-state index contributed by atoms with van der Waals surface area (Å²) in [5, 5.41) is 2.97. The van der Waals surface area contributed by atoms with Crippen LogP contribution in [0.1, 0.15) is 42.7 Å². The summed E-state index contributed by atoms with van der Waals surface area (Å²) in [6, 6.07) is 13.2. The average molecular weight is 355 g/mol. The van der Waals surface area contributed by atoms with Gasteiger partial charge in [0.2, 0.25) is 0 Å². The molecule has 0 spiro atoms. The number of carbonyl (C=O) groups excluding carboxylic acids is 1. The van der Waals surface area contributed by atoms with Crippen molar-refractivity contribution in [2.45, 2.75) is 33.3 Å².